The van der Waals surface area contributed by atoms with Gasteiger partial charge < -0.3 is 4.74 Å². The number of amides is 1. The number of ether oxygens (including phenoxy) is 1. The number of nitrogens with zero attached hydrogens (tertiary/aromatic N) is 2. The van der Waals surface area contributed by atoms with Crippen LogP contribution in [0, 0.1) is 5.92 Å². The van der Waals surface area contributed by atoms with Crippen LogP contribution >= 0.6 is 0 Å². The van der Waals surface area contributed by atoms with E-state index in [1.54, 1.807) is 18.2 Å². The third-order valence-corrected chi connectivity index (χ3v) is 4.15. The molecule has 1 N–H and O–H groups in total. The zero-order valence-electron chi connectivity index (χ0n) is 12.8. The molecule has 1 aromatic heterocycles. The number of aromatic nitrogens is 2. The maximum atomic E-state index is 12.5. The van der Waals surface area contributed by atoms with Gasteiger partial charge in [0.15, 0.2) is 0 Å². The van der Waals surface area contributed by atoms with Crippen molar-refractivity contribution in [3.8, 4) is 5.75 Å². The lowest BCUT2D eigenvalue weighted by Gasteiger charge is -2.24. The van der Waals surface area contributed by atoms with E-state index in [2.05, 4.69) is 10.4 Å². The Hall–Kier alpha value is -3.15. The molecule has 1 aliphatic heterocycles. The lowest BCUT2D eigenvalue weighted by molar-refractivity contribution is -0.122. The van der Waals surface area contributed by atoms with E-state index < -0.39 is 0 Å². The molecule has 1 atom stereocenters. The molecule has 1 aliphatic rings. The molecular formula is C18H15N3O3. The van der Waals surface area contributed by atoms with Crippen LogP contribution in [0.5, 0.6) is 5.75 Å². The Bertz CT molecular complexity index is 980. The minimum atomic E-state index is -0.349. The molecule has 1 amide bonds. The van der Waals surface area contributed by atoms with E-state index in [9.17, 15) is 9.59 Å². The second-order valence-corrected chi connectivity index (χ2v) is 5.73. The van der Waals surface area contributed by atoms with E-state index >= 15 is 0 Å². The van der Waals surface area contributed by atoms with E-state index in [-0.39, 0.29) is 17.4 Å². The fourth-order valence-corrected chi connectivity index (χ4v) is 2.86. The standard InChI is InChI=1S/C18H15N3O3/c22-17(13-9-12-5-1-4-8-16(12)24-10-13)20-21-11-19-15-7-3-2-6-14(15)18(21)23/h1-8,11,13H,9-10H2,(H,20,22). The summed E-state index contributed by atoms with van der Waals surface area (Å²) in [5, 5.41) is 0.463. The van der Waals surface area contributed by atoms with E-state index in [0.717, 1.165) is 16.0 Å². The zero-order chi connectivity index (χ0) is 16.5. The average molecular weight is 321 g/mol. The van der Waals surface area contributed by atoms with Crippen molar-refractivity contribution in [2.24, 2.45) is 5.92 Å². The molecule has 1 unspecified atom stereocenters. The van der Waals surface area contributed by atoms with Gasteiger partial charge in [0.25, 0.3) is 5.56 Å². The van der Waals surface area contributed by atoms with E-state index in [4.69, 9.17) is 4.74 Å². The van der Waals surface area contributed by atoms with Crippen molar-refractivity contribution in [3.63, 3.8) is 0 Å². The number of carbonyl (C=O) groups is 1. The summed E-state index contributed by atoms with van der Waals surface area (Å²) in [7, 11) is 0. The first-order chi connectivity index (χ1) is 11.7. The fourth-order valence-electron chi connectivity index (χ4n) is 2.86. The topological polar surface area (TPSA) is 73.2 Å². The summed E-state index contributed by atoms with van der Waals surface area (Å²) in [6.45, 7) is 0.290. The second kappa shape index (κ2) is 5.81. The number of para-hydroxylation sites is 2. The molecule has 2 heterocycles. The minimum absolute atomic E-state index is 0.260. The zero-order valence-corrected chi connectivity index (χ0v) is 12.8. The van der Waals surface area contributed by atoms with Gasteiger partial charge in [-0.25, -0.2) is 9.66 Å². The van der Waals surface area contributed by atoms with Gasteiger partial charge in [-0.15, -0.1) is 0 Å². The molecule has 4 rings (SSSR count). The highest BCUT2D eigenvalue weighted by Crippen LogP contribution is 2.26. The van der Waals surface area contributed by atoms with Gasteiger partial charge in [0.2, 0.25) is 5.91 Å². The van der Waals surface area contributed by atoms with Crippen molar-refractivity contribution < 1.29 is 9.53 Å². The van der Waals surface area contributed by atoms with E-state index in [0.29, 0.717) is 23.9 Å². The van der Waals surface area contributed by atoms with E-state index in [1.165, 1.54) is 6.33 Å². The highest BCUT2D eigenvalue weighted by atomic mass is 16.5. The molecule has 6 heteroatoms. The van der Waals surface area contributed by atoms with Gasteiger partial charge in [0.05, 0.1) is 16.8 Å². The summed E-state index contributed by atoms with van der Waals surface area (Å²) in [6.07, 6.45) is 1.91. The number of carbonyl (C=O) groups excluding carboxylic acids is 1. The smallest absolute Gasteiger partial charge is 0.280 e. The van der Waals surface area contributed by atoms with Gasteiger partial charge in [0, 0.05) is 0 Å². The van der Waals surface area contributed by atoms with Crippen LogP contribution in [0.4, 0.5) is 0 Å². The fraction of sp³-hybridized carbons (Fsp3) is 0.167. The first-order valence-corrected chi connectivity index (χ1v) is 7.70. The molecule has 0 spiro atoms. The highest BCUT2D eigenvalue weighted by molar-refractivity contribution is 5.87. The van der Waals surface area contributed by atoms with Gasteiger partial charge >= 0.3 is 0 Å². The van der Waals surface area contributed by atoms with Crippen molar-refractivity contribution in [2.75, 3.05) is 12.0 Å². The molecule has 3 aromatic rings. The SMILES string of the molecule is O=C(Nn1cnc2ccccc2c1=O)C1COc2ccccc2C1. The van der Waals surface area contributed by atoms with Crippen LogP contribution in [0.3, 0.4) is 0 Å². The van der Waals surface area contributed by atoms with Crippen LogP contribution < -0.4 is 15.7 Å². The van der Waals surface area contributed by atoms with Crippen molar-refractivity contribution >= 4 is 16.8 Å². The summed E-state index contributed by atoms with van der Waals surface area (Å²) >= 11 is 0. The summed E-state index contributed by atoms with van der Waals surface area (Å²) in [4.78, 5) is 29.1. The number of hydrogen-bond donors (Lipinski definition) is 1. The van der Waals surface area contributed by atoms with Crippen LogP contribution in [0.1, 0.15) is 5.56 Å². The molecule has 0 radical (unpaired) electrons. The molecule has 0 saturated heterocycles. The first-order valence-electron chi connectivity index (χ1n) is 7.70. The number of nitrogens with one attached hydrogen (secondary N) is 1. The summed E-state index contributed by atoms with van der Waals surface area (Å²) in [5.41, 5.74) is 3.92. The molecule has 2 aromatic carbocycles. The van der Waals surface area contributed by atoms with Crippen molar-refractivity contribution in [1.29, 1.82) is 0 Å². The molecule has 0 fully saturated rings. The molecular weight excluding hydrogens is 306 g/mol. The lowest BCUT2D eigenvalue weighted by Crippen LogP contribution is -2.40. The first kappa shape index (κ1) is 14.4. The Balaban J connectivity index is 1.57. The Morgan fingerprint density at radius 1 is 1.17 bits per heavy atom. The maximum absolute atomic E-state index is 12.5. The van der Waals surface area contributed by atoms with Crippen LogP contribution in [-0.4, -0.2) is 22.2 Å². The Kier molecular flexibility index (Phi) is 3.49. The second-order valence-electron chi connectivity index (χ2n) is 5.73. The largest absolute Gasteiger partial charge is 0.492 e. The highest BCUT2D eigenvalue weighted by Gasteiger charge is 2.26. The maximum Gasteiger partial charge on any atom is 0.280 e. The normalized spacial score (nSPS) is 16.2. The van der Waals surface area contributed by atoms with Crippen molar-refractivity contribution in [2.45, 2.75) is 6.42 Å². The molecule has 0 bridgehead atoms. The van der Waals surface area contributed by atoms with Gasteiger partial charge in [-0.1, -0.05) is 30.3 Å². The number of fused-ring (bicyclic) bond motifs is 2. The van der Waals surface area contributed by atoms with Crippen LogP contribution in [0.2, 0.25) is 0 Å². The van der Waals surface area contributed by atoms with Crippen LogP contribution in [0.25, 0.3) is 10.9 Å². The average Bonchev–Trinajstić information content (AvgIpc) is 2.64. The van der Waals surface area contributed by atoms with E-state index in [1.807, 2.05) is 30.3 Å². The minimum Gasteiger partial charge on any atom is -0.492 e. The quantitative estimate of drug-likeness (QED) is 0.780. The van der Waals surface area contributed by atoms with Gasteiger partial charge in [-0.2, -0.15) is 0 Å². The van der Waals surface area contributed by atoms with Crippen molar-refractivity contribution in [3.05, 3.63) is 70.8 Å². The van der Waals surface area contributed by atoms with Gasteiger partial charge in [-0.05, 0) is 30.2 Å². The Morgan fingerprint density at radius 2 is 1.96 bits per heavy atom. The third kappa shape index (κ3) is 2.52. The summed E-state index contributed by atoms with van der Waals surface area (Å²) in [6, 6.07) is 14.7. The molecule has 0 saturated carbocycles. The Morgan fingerprint density at radius 3 is 2.88 bits per heavy atom. The predicted octanol–water partition coefficient (Wildman–Crippen LogP) is 1.72. The van der Waals surface area contributed by atoms with Gasteiger partial charge in [0.1, 0.15) is 18.7 Å². The molecule has 24 heavy (non-hydrogen) atoms. The van der Waals surface area contributed by atoms with Crippen LogP contribution in [-0.2, 0) is 11.2 Å². The Labute approximate surface area is 137 Å². The van der Waals surface area contributed by atoms with Crippen molar-refractivity contribution in [1.82, 2.24) is 9.66 Å². The monoisotopic (exact) mass is 321 g/mol. The lowest BCUT2D eigenvalue weighted by atomic mass is 9.96. The summed E-state index contributed by atoms with van der Waals surface area (Å²) in [5.74, 6) is 0.202. The van der Waals surface area contributed by atoms with Crippen LogP contribution in [0.15, 0.2) is 59.7 Å². The number of rotatable bonds is 2. The number of benzene rings is 2. The number of hydrogen-bond acceptors (Lipinski definition) is 4. The third-order valence-electron chi connectivity index (χ3n) is 4.15. The summed E-state index contributed by atoms with van der Waals surface area (Å²) < 4.78 is 6.76. The predicted molar refractivity (Wildman–Crippen MR) is 89.5 cm³/mol. The molecule has 120 valence electrons. The molecule has 0 aliphatic carbocycles. The van der Waals surface area contributed by atoms with Gasteiger partial charge in [-0.3, -0.25) is 15.0 Å². The molecule has 6 nitrogen and oxygen atoms in total.